The van der Waals surface area contributed by atoms with Gasteiger partial charge in [-0.2, -0.15) is 0 Å². The number of hydrogen-bond acceptors (Lipinski definition) is 2. The molecule has 0 amide bonds. The smallest absolute Gasteiger partial charge is 0.0797 e. The van der Waals surface area contributed by atoms with Gasteiger partial charge in [-0.05, 0) is 48.6 Å². The van der Waals surface area contributed by atoms with Gasteiger partial charge in [0, 0.05) is 32.9 Å². The fraction of sp³-hybridized carbons (Fsp3) is 0.308. The lowest BCUT2D eigenvalue weighted by atomic mass is 9.93. The third-order valence-electron chi connectivity index (χ3n) is 5.91. The van der Waals surface area contributed by atoms with E-state index in [1.807, 2.05) is 0 Å². The van der Waals surface area contributed by atoms with Crippen molar-refractivity contribution in [3.63, 3.8) is 0 Å². The Hall–Kier alpha value is -2.74. The maximum Gasteiger partial charge on any atom is 0.0797 e. The van der Waals surface area contributed by atoms with Crippen molar-refractivity contribution >= 4 is 43.4 Å². The number of aromatic nitrogens is 2. The van der Waals surface area contributed by atoms with Gasteiger partial charge >= 0.3 is 0 Å². The Morgan fingerprint density at radius 1 is 0.643 bits per heavy atom. The van der Waals surface area contributed by atoms with Crippen molar-refractivity contribution in [1.82, 2.24) is 9.97 Å². The normalized spacial score (nSPS) is 12.1. The average molecular weight is 367 g/mol. The van der Waals surface area contributed by atoms with E-state index in [4.69, 9.17) is 9.97 Å². The minimum Gasteiger partial charge on any atom is -0.252 e. The Morgan fingerprint density at radius 2 is 1.11 bits per heavy atom. The first-order valence-electron chi connectivity index (χ1n) is 10.7. The standard InChI is InChI=1S/C26H26N2/c1-3-5-11-19-15-17-9-7-14-22-23(17)25(27-19)21-13-8-10-18-16-20(12-6-4-2)28-26(22)24(18)21/h7-10,13-16H,3-6,11-12H2,1-2H3. The Kier molecular flexibility index (Phi) is 4.35. The first kappa shape index (κ1) is 17.4. The van der Waals surface area contributed by atoms with Crippen LogP contribution in [0.15, 0.2) is 48.5 Å². The Balaban J connectivity index is 1.90. The molecule has 0 saturated carbocycles. The van der Waals surface area contributed by atoms with Gasteiger partial charge in [-0.3, -0.25) is 9.97 Å². The van der Waals surface area contributed by atoms with Gasteiger partial charge in [0.1, 0.15) is 0 Å². The monoisotopic (exact) mass is 366 g/mol. The highest BCUT2D eigenvalue weighted by Crippen LogP contribution is 2.39. The molecule has 2 nitrogen and oxygen atoms in total. The first-order chi connectivity index (χ1) is 13.8. The Labute approximate surface area is 165 Å². The summed E-state index contributed by atoms with van der Waals surface area (Å²) in [6.07, 6.45) is 6.83. The zero-order chi connectivity index (χ0) is 19.1. The maximum atomic E-state index is 5.14. The molecule has 0 saturated heterocycles. The van der Waals surface area contributed by atoms with Crippen LogP contribution >= 0.6 is 0 Å². The van der Waals surface area contributed by atoms with Gasteiger partial charge in [-0.15, -0.1) is 0 Å². The second-order valence-electron chi connectivity index (χ2n) is 7.94. The third-order valence-corrected chi connectivity index (χ3v) is 5.91. The lowest BCUT2D eigenvalue weighted by Gasteiger charge is -2.15. The largest absolute Gasteiger partial charge is 0.252 e. The SMILES string of the molecule is CCCCc1cc2cccc3c4nc(CCCC)cc5cccc(c(n1)c23)c54. The van der Waals surface area contributed by atoms with Crippen LogP contribution in [-0.2, 0) is 12.8 Å². The summed E-state index contributed by atoms with van der Waals surface area (Å²) in [4.78, 5) is 10.3. The van der Waals surface area contributed by atoms with E-state index in [0.717, 1.165) is 23.9 Å². The highest BCUT2D eigenvalue weighted by atomic mass is 14.7. The fourth-order valence-electron chi connectivity index (χ4n) is 4.49. The molecule has 0 unspecified atom stereocenters. The summed E-state index contributed by atoms with van der Waals surface area (Å²) >= 11 is 0. The summed E-state index contributed by atoms with van der Waals surface area (Å²) in [5, 5.41) is 7.59. The number of unbranched alkanes of at least 4 members (excludes halogenated alkanes) is 2. The minimum absolute atomic E-state index is 1.04. The number of fused-ring (bicyclic) bond motifs is 2. The van der Waals surface area contributed by atoms with E-state index < -0.39 is 0 Å². The van der Waals surface area contributed by atoms with Crippen LogP contribution < -0.4 is 0 Å². The van der Waals surface area contributed by atoms with E-state index in [1.54, 1.807) is 0 Å². The average Bonchev–Trinajstić information content (AvgIpc) is 2.73. The molecule has 0 spiro atoms. The van der Waals surface area contributed by atoms with E-state index in [2.05, 4.69) is 62.4 Å². The van der Waals surface area contributed by atoms with Gasteiger partial charge in [-0.1, -0.05) is 63.1 Å². The van der Waals surface area contributed by atoms with E-state index >= 15 is 0 Å². The number of benzene rings is 3. The molecule has 2 heterocycles. The van der Waals surface area contributed by atoms with Gasteiger partial charge in [0.2, 0.25) is 0 Å². The lowest BCUT2D eigenvalue weighted by Crippen LogP contribution is -1.97. The second kappa shape index (κ2) is 7.01. The van der Waals surface area contributed by atoms with Gasteiger partial charge in [0.05, 0.1) is 11.0 Å². The zero-order valence-electron chi connectivity index (χ0n) is 16.8. The molecule has 2 heteroatoms. The molecular formula is C26H26N2. The molecule has 0 fully saturated rings. The van der Waals surface area contributed by atoms with Crippen molar-refractivity contribution in [3.8, 4) is 0 Å². The van der Waals surface area contributed by atoms with Crippen LogP contribution in [0.25, 0.3) is 43.4 Å². The molecule has 28 heavy (non-hydrogen) atoms. The predicted molar refractivity (Wildman–Crippen MR) is 120 cm³/mol. The lowest BCUT2D eigenvalue weighted by molar-refractivity contribution is 0.780. The molecule has 0 aliphatic heterocycles. The number of rotatable bonds is 6. The predicted octanol–water partition coefficient (Wildman–Crippen LogP) is 7.21. The van der Waals surface area contributed by atoms with Crippen LogP contribution in [0.1, 0.15) is 50.9 Å². The highest BCUT2D eigenvalue weighted by Gasteiger charge is 2.16. The minimum atomic E-state index is 1.04. The Bertz CT molecular complexity index is 1180. The molecule has 3 aromatic carbocycles. The van der Waals surface area contributed by atoms with E-state index in [1.165, 1.54) is 69.4 Å². The third kappa shape index (κ3) is 2.71. The van der Waals surface area contributed by atoms with E-state index in [0.29, 0.717) is 0 Å². The molecule has 0 atom stereocenters. The number of aryl methyl sites for hydroxylation is 2. The van der Waals surface area contributed by atoms with Gasteiger partial charge in [-0.25, -0.2) is 0 Å². The van der Waals surface area contributed by atoms with Crippen molar-refractivity contribution < 1.29 is 0 Å². The Morgan fingerprint density at radius 3 is 1.54 bits per heavy atom. The zero-order valence-corrected chi connectivity index (χ0v) is 16.8. The fourth-order valence-corrected chi connectivity index (χ4v) is 4.49. The number of nitrogens with zero attached hydrogens (tertiary/aromatic N) is 2. The molecule has 140 valence electrons. The maximum absolute atomic E-state index is 5.14. The molecule has 0 N–H and O–H groups in total. The second-order valence-corrected chi connectivity index (χ2v) is 7.94. The summed E-state index contributed by atoms with van der Waals surface area (Å²) in [6.45, 7) is 4.48. The van der Waals surface area contributed by atoms with Crippen LogP contribution in [0.2, 0.25) is 0 Å². The topological polar surface area (TPSA) is 25.8 Å². The van der Waals surface area contributed by atoms with Crippen molar-refractivity contribution in [2.24, 2.45) is 0 Å². The molecule has 5 aromatic rings. The van der Waals surface area contributed by atoms with Crippen molar-refractivity contribution in [1.29, 1.82) is 0 Å². The summed E-state index contributed by atoms with van der Waals surface area (Å²) in [7, 11) is 0. The van der Waals surface area contributed by atoms with E-state index in [9.17, 15) is 0 Å². The van der Waals surface area contributed by atoms with Crippen molar-refractivity contribution in [3.05, 3.63) is 59.9 Å². The molecule has 0 aliphatic carbocycles. The van der Waals surface area contributed by atoms with Crippen LogP contribution in [0.4, 0.5) is 0 Å². The van der Waals surface area contributed by atoms with Crippen molar-refractivity contribution in [2.75, 3.05) is 0 Å². The summed E-state index contributed by atoms with van der Waals surface area (Å²) in [5.74, 6) is 0. The molecule has 0 aliphatic rings. The van der Waals surface area contributed by atoms with Gasteiger partial charge in [0.15, 0.2) is 0 Å². The van der Waals surface area contributed by atoms with Crippen LogP contribution in [0.5, 0.6) is 0 Å². The van der Waals surface area contributed by atoms with Crippen LogP contribution in [-0.4, -0.2) is 9.97 Å². The molecular weight excluding hydrogens is 340 g/mol. The number of hydrogen-bond donors (Lipinski definition) is 0. The summed E-state index contributed by atoms with van der Waals surface area (Å²) in [5.41, 5.74) is 4.68. The summed E-state index contributed by atoms with van der Waals surface area (Å²) in [6, 6.07) is 17.8. The highest BCUT2D eigenvalue weighted by molar-refractivity contribution is 6.30. The molecule has 2 aromatic heterocycles. The molecule has 0 radical (unpaired) electrons. The number of pyridine rings is 2. The van der Waals surface area contributed by atoms with E-state index in [-0.39, 0.29) is 0 Å². The van der Waals surface area contributed by atoms with Gasteiger partial charge < -0.3 is 0 Å². The molecule has 0 bridgehead atoms. The van der Waals surface area contributed by atoms with Crippen LogP contribution in [0, 0.1) is 0 Å². The first-order valence-corrected chi connectivity index (χ1v) is 10.7. The van der Waals surface area contributed by atoms with Crippen LogP contribution in [0.3, 0.4) is 0 Å². The summed E-state index contributed by atoms with van der Waals surface area (Å²) < 4.78 is 0. The van der Waals surface area contributed by atoms with Crippen molar-refractivity contribution in [2.45, 2.75) is 52.4 Å². The quantitative estimate of drug-likeness (QED) is 0.234. The van der Waals surface area contributed by atoms with Gasteiger partial charge in [0.25, 0.3) is 0 Å². The molecule has 5 rings (SSSR count).